The zero-order valence-corrected chi connectivity index (χ0v) is 13.0. The molecule has 0 atom stereocenters. The van der Waals surface area contributed by atoms with Crippen molar-refractivity contribution in [3.05, 3.63) is 59.2 Å². The second kappa shape index (κ2) is 8.00. The molecule has 0 bridgehead atoms. The summed E-state index contributed by atoms with van der Waals surface area (Å²) in [5.41, 5.74) is 7.51. The standard InChI is InChI=1S/C16H18N4O3/c1-11-5-3-7-13(18-11)15(21)20-17-10-9-12-6-4-8-14(19-12)16(22)23-2/h3-8,17H,9-10H2,1-2H3,(H,20,21). The van der Waals surface area contributed by atoms with Gasteiger partial charge >= 0.3 is 5.97 Å². The summed E-state index contributed by atoms with van der Waals surface area (Å²) in [5.74, 6) is -0.774. The van der Waals surface area contributed by atoms with Crippen LogP contribution in [0.15, 0.2) is 36.4 Å². The Hall–Kier alpha value is -2.80. The second-order valence-corrected chi connectivity index (χ2v) is 4.80. The molecule has 0 radical (unpaired) electrons. The number of carbonyl (C=O) groups is 2. The van der Waals surface area contributed by atoms with E-state index in [0.717, 1.165) is 11.4 Å². The van der Waals surface area contributed by atoms with Crippen molar-refractivity contribution in [2.75, 3.05) is 13.7 Å². The highest BCUT2D eigenvalue weighted by Gasteiger charge is 2.08. The molecule has 2 N–H and O–H groups in total. The highest BCUT2D eigenvalue weighted by Crippen LogP contribution is 2.01. The first-order valence-electron chi connectivity index (χ1n) is 7.11. The van der Waals surface area contributed by atoms with Gasteiger partial charge < -0.3 is 4.74 Å². The normalized spacial score (nSPS) is 10.2. The van der Waals surface area contributed by atoms with Gasteiger partial charge in [0.1, 0.15) is 11.4 Å². The summed E-state index contributed by atoms with van der Waals surface area (Å²) in [7, 11) is 1.31. The summed E-state index contributed by atoms with van der Waals surface area (Å²) in [6.45, 7) is 2.29. The Morgan fingerprint density at radius 1 is 1.09 bits per heavy atom. The van der Waals surface area contributed by atoms with Gasteiger partial charge in [0, 0.05) is 24.4 Å². The number of hydrogen-bond acceptors (Lipinski definition) is 6. The van der Waals surface area contributed by atoms with Crippen LogP contribution in [0.3, 0.4) is 0 Å². The van der Waals surface area contributed by atoms with Crippen molar-refractivity contribution >= 4 is 11.9 Å². The lowest BCUT2D eigenvalue weighted by atomic mass is 10.2. The number of hydrogen-bond donors (Lipinski definition) is 2. The fourth-order valence-electron chi connectivity index (χ4n) is 1.90. The Morgan fingerprint density at radius 3 is 2.57 bits per heavy atom. The van der Waals surface area contributed by atoms with Gasteiger partial charge in [0.05, 0.1) is 7.11 Å². The molecule has 2 aromatic rings. The minimum atomic E-state index is -0.473. The lowest BCUT2D eigenvalue weighted by Gasteiger charge is -2.07. The third kappa shape index (κ3) is 4.86. The Balaban J connectivity index is 1.81. The Bertz CT molecular complexity index is 703. The van der Waals surface area contributed by atoms with E-state index >= 15 is 0 Å². The fourth-order valence-corrected chi connectivity index (χ4v) is 1.90. The topological polar surface area (TPSA) is 93.2 Å². The van der Waals surface area contributed by atoms with Crippen molar-refractivity contribution in [1.29, 1.82) is 0 Å². The number of amides is 1. The first-order valence-corrected chi connectivity index (χ1v) is 7.11. The number of rotatable bonds is 6. The Morgan fingerprint density at radius 2 is 1.83 bits per heavy atom. The van der Waals surface area contributed by atoms with Crippen LogP contribution in [0, 0.1) is 6.92 Å². The predicted molar refractivity (Wildman–Crippen MR) is 83.7 cm³/mol. The monoisotopic (exact) mass is 314 g/mol. The van der Waals surface area contributed by atoms with Crippen LogP contribution < -0.4 is 10.9 Å². The fraction of sp³-hybridized carbons (Fsp3) is 0.250. The van der Waals surface area contributed by atoms with E-state index in [0.29, 0.717) is 18.7 Å². The van der Waals surface area contributed by atoms with Gasteiger partial charge in [-0.1, -0.05) is 12.1 Å². The molecule has 0 saturated carbocycles. The molecule has 0 aromatic carbocycles. The van der Waals surface area contributed by atoms with Crippen LogP contribution in [-0.2, 0) is 11.2 Å². The molecule has 0 saturated heterocycles. The van der Waals surface area contributed by atoms with Crippen LogP contribution in [0.25, 0.3) is 0 Å². The third-order valence-corrected chi connectivity index (χ3v) is 3.03. The molecule has 2 heterocycles. The summed E-state index contributed by atoms with van der Waals surface area (Å²) in [4.78, 5) is 31.6. The number of pyridine rings is 2. The molecular formula is C16H18N4O3. The molecule has 23 heavy (non-hydrogen) atoms. The molecule has 1 amide bonds. The van der Waals surface area contributed by atoms with Crippen molar-refractivity contribution < 1.29 is 14.3 Å². The zero-order chi connectivity index (χ0) is 16.7. The largest absolute Gasteiger partial charge is 0.464 e. The molecule has 7 nitrogen and oxygen atoms in total. The van der Waals surface area contributed by atoms with Gasteiger partial charge in [-0.05, 0) is 31.2 Å². The summed E-state index contributed by atoms with van der Waals surface area (Å²) in [5, 5.41) is 0. The molecular weight excluding hydrogens is 296 g/mol. The minimum Gasteiger partial charge on any atom is -0.464 e. The van der Waals surface area contributed by atoms with Crippen LogP contribution >= 0.6 is 0 Å². The molecule has 0 unspecified atom stereocenters. The number of methoxy groups -OCH3 is 1. The van der Waals surface area contributed by atoms with Crippen molar-refractivity contribution in [1.82, 2.24) is 20.8 Å². The number of aryl methyl sites for hydroxylation is 1. The molecule has 0 aliphatic rings. The van der Waals surface area contributed by atoms with Gasteiger partial charge in [-0.15, -0.1) is 0 Å². The highest BCUT2D eigenvalue weighted by molar-refractivity contribution is 5.91. The first-order chi connectivity index (χ1) is 11.1. The van der Waals surface area contributed by atoms with Gasteiger partial charge in [0.15, 0.2) is 0 Å². The molecule has 0 fully saturated rings. The molecule has 7 heteroatoms. The van der Waals surface area contributed by atoms with E-state index in [1.54, 1.807) is 30.3 Å². The number of hydrazine groups is 1. The molecule has 2 aromatic heterocycles. The van der Waals surface area contributed by atoms with Gasteiger partial charge in [0.2, 0.25) is 0 Å². The maximum Gasteiger partial charge on any atom is 0.356 e. The van der Waals surface area contributed by atoms with Crippen LogP contribution in [0.2, 0.25) is 0 Å². The smallest absolute Gasteiger partial charge is 0.356 e. The van der Waals surface area contributed by atoms with Gasteiger partial charge in [-0.3, -0.25) is 10.2 Å². The maximum atomic E-state index is 11.9. The van der Waals surface area contributed by atoms with Crippen LogP contribution in [0.1, 0.15) is 32.4 Å². The predicted octanol–water partition coefficient (Wildman–Crippen LogP) is 1.05. The SMILES string of the molecule is COC(=O)c1cccc(CCNNC(=O)c2cccc(C)n2)n1. The molecule has 0 spiro atoms. The summed E-state index contributed by atoms with van der Waals surface area (Å²) in [6, 6.07) is 10.4. The quantitative estimate of drug-likeness (QED) is 0.470. The lowest BCUT2D eigenvalue weighted by molar-refractivity contribution is 0.0593. The van der Waals surface area contributed by atoms with Gasteiger partial charge in [-0.25, -0.2) is 20.2 Å². The number of esters is 1. The number of nitrogens with zero attached hydrogens (tertiary/aromatic N) is 2. The summed E-state index contributed by atoms with van der Waals surface area (Å²) < 4.78 is 4.63. The van der Waals surface area contributed by atoms with Crippen molar-refractivity contribution in [3.8, 4) is 0 Å². The van der Waals surface area contributed by atoms with Crippen molar-refractivity contribution in [2.24, 2.45) is 0 Å². The van der Waals surface area contributed by atoms with E-state index in [4.69, 9.17) is 0 Å². The first kappa shape index (κ1) is 16.6. The Kier molecular flexibility index (Phi) is 5.76. The Labute approximate surface area is 134 Å². The number of ether oxygens (including phenoxy) is 1. The second-order valence-electron chi connectivity index (χ2n) is 4.80. The van der Waals surface area contributed by atoms with E-state index in [1.807, 2.05) is 13.0 Å². The van der Waals surface area contributed by atoms with Crippen molar-refractivity contribution in [2.45, 2.75) is 13.3 Å². The summed E-state index contributed by atoms with van der Waals surface area (Å²) >= 11 is 0. The van der Waals surface area contributed by atoms with E-state index in [9.17, 15) is 9.59 Å². The average Bonchev–Trinajstić information content (AvgIpc) is 2.58. The van der Waals surface area contributed by atoms with E-state index in [1.165, 1.54) is 7.11 Å². The molecule has 0 aliphatic heterocycles. The maximum absolute atomic E-state index is 11.9. The van der Waals surface area contributed by atoms with E-state index < -0.39 is 5.97 Å². The average molecular weight is 314 g/mol. The number of aromatic nitrogens is 2. The highest BCUT2D eigenvalue weighted by atomic mass is 16.5. The van der Waals surface area contributed by atoms with Crippen LogP contribution in [0.5, 0.6) is 0 Å². The lowest BCUT2D eigenvalue weighted by Crippen LogP contribution is -2.39. The molecule has 120 valence electrons. The number of nitrogens with one attached hydrogen (secondary N) is 2. The molecule has 2 rings (SSSR count). The summed E-state index contributed by atoms with van der Waals surface area (Å²) in [6.07, 6.45) is 0.548. The van der Waals surface area contributed by atoms with Crippen molar-refractivity contribution in [3.63, 3.8) is 0 Å². The van der Waals surface area contributed by atoms with Crippen LogP contribution in [0.4, 0.5) is 0 Å². The van der Waals surface area contributed by atoms with Gasteiger partial charge in [0.25, 0.3) is 5.91 Å². The number of carbonyl (C=O) groups excluding carboxylic acids is 2. The van der Waals surface area contributed by atoms with E-state index in [2.05, 4.69) is 25.6 Å². The van der Waals surface area contributed by atoms with E-state index in [-0.39, 0.29) is 11.6 Å². The zero-order valence-electron chi connectivity index (χ0n) is 13.0. The van der Waals surface area contributed by atoms with Crippen LogP contribution in [-0.4, -0.2) is 35.5 Å². The third-order valence-electron chi connectivity index (χ3n) is 3.03. The minimum absolute atomic E-state index is 0.262. The molecule has 0 aliphatic carbocycles. The van der Waals surface area contributed by atoms with Gasteiger partial charge in [-0.2, -0.15) is 0 Å².